The van der Waals surface area contributed by atoms with Gasteiger partial charge in [0.25, 0.3) is 0 Å². The number of aryl methyl sites for hydroxylation is 1. The number of nitrogens with one attached hydrogen (secondary N) is 1. The standard InChI is InChI=1S/C12H18BrNO2/c1-9-3-4-10(13)5-11(9)14-6-12(2,7-15)8-16/h3-5,14-16H,6-8H2,1-2H3. The summed E-state index contributed by atoms with van der Waals surface area (Å²) in [5.41, 5.74) is 1.67. The summed E-state index contributed by atoms with van der Waals surface area (Å²) in [6.07, 6.45) is 0. The molecule has 0 aliphatic carbocycles. The Bertz CT molecular complexity index is 351. The molecule has 0 spiro atoms. The number of benzene rings is 1. The second-order valence-corrected chi connectivity index (χ2v) is 5.36. The Labute approximate surface area is 105 Å². The minimum Gasteiger partial charge on any atom is -0.396 e. The molecule has 0 aromatic heterocycles. The van der Waals surface area contributed by atoms with Gasteiger partial charge in [-0.25, -0.2) is 0 Å². The first-order valence-electron chi connectivity index (χ1n) is 5.22. The van der Waals surface area contributed by atoms with Gasteiger partial charge < -0.3 is 15.5 Å². The number of hydrogen-bond donors (Lipinski definition) is 3. The third-order valence-electron chi connectivity index (χ3n) is 2.67. The predicted octanol–water partition coefficient (Wildman–Crippen LogP) is 2.16. The maximum absolute atomic E-state index is 9.18. The van der Waals surface area contributed by atoms with Crippen LogP contribution in [0, 0.1) is 12.3 Å². The molecule has 3 nitrogen and oxygen atoms in total. The smallest absolute Gasteiger partial charge is 0.0523 e. The van der Waals surface area contributed by atoms with E-state index in [4.69, 9.17) is 0 Å². The summed E-state index contributed by atoms with van der Waals surface area (Å²) in [7, 11) is 0. The van der Waals surface area contributed by atoms with Crippen LogP contribution < -0.4 is 5.32 Å². The van der Waals surface area contributed by atoms with Crippen molar-refractivity contribution in [3.63, 3.8) is 0 Å². The van der Waals surface area contributed by atoms with Gasteiger partial charge >= 0.3 is 0 Å². The molecule has 1 aromatic rings. The fourth-order valence-corrected chi connectivity index (χ4v) is 1.62. The summed E-state index contributed by atoms with van der Waals surface area (Å²) in [5, 5.41) is 21.6. The molecule has 0 radical (unpaired) electrons. The quantitative estimate of drug-likeness (QED) is 0.778. The van der Waals surface area contributed by atoms with Crippen LogP contribution in [-0.2, 0) is 0 Å². The van der Waals surface area contributed by atoms with Crippen LogP contribution in [0.25, 0.3) is 0 Å². The molecule has 0 fully saturated rings. The lowest BCUT2D eigenvalue weighted by atomic mass is 9.93. The Kier molecular flexibility index (Phi) is 4.77. The zero-order valence-corrected chi connectivity index (χ0v) is 11.2. The first kappa shape index (κ1) is 13.5. The van der Waals surface area contributed by atoms with E-state index in [0.29, 0.717) is 6.54 Å². The molecule has 16 heavy (non-hydrogen) atoms. The number of anilines is 1. The highest BCUT2D eigenvalue weighted by Crippen LogP contribution is 2.22. The Morgan fingerprint density at radius 1 is 1.31 bits per heavy atom. The van der Waals surface area contributed by atoms with E-state index in [2.05, 4.69) is 21.2 Å². The highest BCUT2D eigenvalue weighted by Gasteiger charge is 2.22. The number of aliphatic hydroxyl groups excluding tert-OH is 2. The predicted molar refractivity (Wildman–Crippen MR) is 69.6 cm³/mol. The number of halogens is 1. The SMILES string of the molecule is Cc1ccc(Br)cc1NCC(C)(CO)CO. The van der Waals surface area contributed by atoms with E-state index in [1.54, 1.807) is 0 Å². The Balaban J connectivity index is 2.70. The highest BCUT2D eigenvalue weighted by atomic mass is 79.9. The van der Waals surface area contributed by atoms with E-state index in [0.717, 1.165) is 15.7 Å². The maximum Gasteiger partial charge on any atom is 0.0523 e. The molecule has 0 amide bonds. The molecule has 0 aliphatic rings. The molecule has 90 valence electrons. The Hall–Kier alpha value is -0.580. The second-order valence-electron chi connectivity index (χ2n) is 4.44. The van der Waals surface area contributed by atoms with E-state index in [1.807, 2.05) is 32.0 Å². The van der Waals surface area contributed by atoms with Crippen molar-refractivity contribution in [3.05, 3.63) is 28.2 Å². The molecule has 0 heterocycles. The topological polar surface area (TPSA) is 52.5 Å². The zero-order valence-electron chi connectivity index (χ0n) is 9.63. The molecule has 0 aliphatic heterocycles. The maximum atomic E-state index is 9.18. The molecule has 0 saturated carbocycles. The largest absolute Gasteiger partial charge is 0.396 e. The van der Waals surface area contributed by atoms with Crippen LogP contribution >= 0.6 is 15.9 Å². The van der Waals surface area contributed by atoms with Gasteiger partial charge in [0.05, 0.1) is 13.2 Å². The van der Waals surface area contributed by atoms with Gasteiger partial charge in [0, 0.05) is 22.1 Å². The lowest BCUT2D eigenvalue weighted by Gasteiger charge is -2.25. The Morgan fingerprint density at radius 2 is 1.94 bits per heavy atom. The third-order valence-corrected chi connectivity index (χ3v) is 3.16. The van der Waals surface area contributed by atoms with Gasteiger partial charge in [-0.05, 0) is 24.6 Å². The van der Waals surface area contributed by atoms with Gasteiger partial charge in [0.1, 0.15) is 0 Å². The molecule has 1 rings (SSSR count). The molecule has 0 unspecified atom stereocenters. The summed E-state index contributed by atoms with van der Waals surface area (Å²) in [6, 6.07) is 5.99. The molecule has 3 N–H and O–H groups in total. The molecule has 0 saturated heterocycles. The van der Waals surface area contributed by atoms with Gasteiger partial charge in [-0.15, -0.1) is 0 Å². The average molecular weight is 288 g/mol. The average Bonchev–Trinajstić information content (AvgIpc) is 2.30. The van der Waals surface area contributed by atoms with Gasteiger partial charge in [-0.3, -0.25) is 0 Å². The fourth-order valence-electron chi connectivity index (χ4n) is 1.26. The minimum absolute atomic E-state index is 0.0381. The van der Waals surface area contributed by atoms with Crippen molar-refractivity contribution in [2.24, 2.45) is 5.41 Å². The summed E-state index contributed by atoms with van der Waals surface area (Å²) in [5.74, 6) is 0. The van der Waals surface area contributed by atoms with Crippen molar-refractivity contribution >= 4 is 21.6 Å². The lowest BCUT2D eigenvalue weighted by molar-refractivity contribution is 0.0806. The van der Waals surface area contributed by atoms with Crippen LogP contribution in [0.15, 0.2) is 22.7 Å². The minimum atomic E-state index is -0.491. The van der Waals surface area contributed by atoms with Gasteiger partial charge in [-0.2, -0.15) is 0 Å². The van der Waals surface area contributed by atoms with E-state index >= 15 is 0 Å². The van der Waals surface area contributed by atoms with Crippen molar-refractivity contribution in [1.82, 2.24) is 0 Å². The first-order valence-corrected chi connectivity index (χ1v) is 6.02. The number of rotatable bonds is 5. The summed E-state index contributed by atoms with van der Waals surface area (Å²) >= 11 is 3.41. The monoisotopic (exact) mass is 287 g/mol. The third kappa shape index (κ3) is 3.47. The van der Waals surface area contributed by atoms with Crippen LogP contribution in [0.3, 0.4) is 0 Å². The van der Waals surface area contributed by atoms with Crippen molar-refractivity contribution in [2.75, 3.05) is 25.1 Å². The van der Waals surface area contributed by atoms with Crippen LogP contribution in [0.5, 0.6) is 0 Å². The van der Waals surface area contributed by atoms with E-state index in [-0.39, 0.29) is 13.2 Å². The Morgan fingerprint density at radius 3 is 2.50 bits per heavy atom. The van der Waals surface area contributed by atoms with Gasteiger partial charge in [0.2, 0.25) is 0 Å². The molecule has 1 aromatic carbocycles. The van der Waals surface area contributed by atoms with Crippen molar-refractivity contribution in [3.8, 4) is 0 Å². The lowest BCUT2D eigenvalue weighted by Crippen LogP contribution is -2.34. The first-order chi connectivity index (χ1) is 7.50. The van der Waals surface area contributed by atoms with Gasteiger partial charge in [0.15, 0.2) is 0 Å². The van der Waals surface area contributed by atoms with E-state index in [9.17, 15) is 10.2 Å². The van der Waals surface area contributed by atoms with E-state index < -0.39 is 5.41 Å². The zero-order chi connectivity index (χ0) is 12.2. The molecular weight excluding hydrogens is 270 g/mol. The van der Waals surface area contributed by atoms with Gasteiger partial charge in [-0.1, -0.05) is 28.9 Å². The fraction of sp³-hybridized carbons (Fsp3) is 0.500. The van der Waals surface area contributed by atoms with Crippen molar-refractivity contribution in [1.29, 1.82) is 0 Å². The van der Waals surface area contributed by atoms with Crippen LogP contribution in [0.1, 0.15) is 12.5 Å². The number of hydrogen-bond acceptors (Lipinski definition) is 3. The van der Waals surface area contributed by atoms with Crippen LogP contribution in [0.4, 0.5) is 5.69 Å². The summed E-state index contributed by atoms with van der Waals surface area (Å²) in [6.45, 7) is 4.32. The highest BCUT2D eigenvalue weighted by molar-refractivity contribution is 9.10. The molecular formula is C12H18BrNO2. The number of aliphatic hydroxyl groups is 2. The summed E-state index contributed by atoms with van der Waals surface area (Å²) in [4.78, 5) is 0. The summed E-state index contributed by atoms with van der Waals surface area (Å²) < 4.78 is 1.01. The normalized spacial score (nSPS) is 11.6. The second kappa shape index (κ2) is 5.66. The molecule has 0 bridgehead atoms. The van der Waals surface area contributed by atoms with Crippen LogP contribution in [-0.4, -0.2) is 30.0 Å². The van der Waals surface area contributed by atoms with Crippen LogP contribution in [0.2, 0.25) is 0 Å². The molecule has 0 atom stereocenters. The molecule has 4 heteroatoms. The van der Waals surface area contributed by atoms with E-state index in [1.165, 1.54) is 0 Å². The van der Waals surface area contributed by atoms with Crippen molar-refractivity contribution < 1.29 is 10.2 Å². The van der Waals surface area contributed by atoms with Crippen molar-refractivity contribution in [2.45, 2.75) is 13.8 Å².